The quantitative estimate of drug-likeness (QED) is 0.255. The molecule has 7 rings (SSSR count). The van der Waals surface area contributed by atoms with Crippen molar-refractivity contribution in [3.05, 3.63) is 85.1 Å². The van der Waals surface area contributed by atoms with Crippen LogP contribution in [0.2, 0.25) is 0 Å². The van der Waals surface area contributed by atoms with Crippen LogP contribution in [-0.2, 0) is 4.57 Å². The van der Waals surface area contributed by atoms with E-state index in [0.717, 1.165) is 21.7 Å². The van der Waals surface area contributed by atoms with E-state index in [1.807, 2.05) is 78.9 Å². The van der Waals surface area contributed by atoms with Crippen molar-refractivity contribution >= 4 is 44.7 Å². The van der Waals surface area contributed by atoms with E-state index in [1.54, 1.807) is 6.20 Å². The van der Waals surface area contributed by atoms with Gasteiger partial charge in [0.2, 0.25) is 0 Å². The van der Waals surface area contributed by atoms with Gasteiger partial charge in [-0.15, -0.1) is 0 Å². The lowest BCUT2D eigenvalue weighted by atomic mass is 10.0. The lowest BCUT2D eigenvalue weighted by Gasteiger charge is -2.35. The monoisotopic (exact) mass is 407 g/mol. The number of para-hydroxylation sites is 2. The highest BCUT2D eigenvalue weighted by molar-refractivity contribution is 7.86. The first-order valence-corrected chi connectivity index (χ1v) is 11.5. The Balaban J connectivity index is 1.70. The highest BCUT2D eigenvalue weighted by Gasteiger charge is 2.46. The fourth-order valence-corrected chi connectivity index (χ4v) is 7.70. The fraction of sp³-hybridized carbons (Fsp3) is 0. The van der Waals surface area contributed by atoms with Crippen molar-refractivity contribution in [1.29, 1.82) is 0 Å². The molecule has 0 N–H and O–H groups in total. The van der Waals surface area contributed by atoms with Crippen molar-refractivity contribution in [3.63, 3.8) is 0 Å². The minimum absolute atomic E-state index is 0.576. The normalized spacial score (nSPS) is 18.1. The largest absolute Gasteiger partial charge is 0.456 e. The smallest absolute Gasteiger partial charge is 0.185 e. The van der Waals surface area contributed by atoms with Crippen LogP contribution >= 0.6 is 7.14 Å². The maximum absolute atomic E-state index is 14.9. The van der Waals surface area contributed by atoms with Gasteiger partial charge in [0.25, 0.3) is 0 Å². The summed E-state index contributed by atoms with van der Waals surface area (Å²) < 4.78 is 27.5. The molecule has 2 aliphatic heterocycles. The van der Waals surface area contributed by atoms with Crippen LogP contribution in [0.5, 0.6) is 23.0 Å². The summed E-state index contributed by atoms with van der Waals surface area (Å²) >= 11 is 0. The number of benzene rings is 4. The molecule has 0 spiro atoms. The van der Waals surface area contributed by atoms with Crippen LogP contribution < -0.4 is 25.4 Å². The van der Waals surface area contributed by atoms with E-state index in [2.05, 4.69) is 4.98 Å². The molecule has 1 atom stereocenters. The molecule has 5 heteroatoms. The van der Waals surface area contributed by atoms with Crippen LogP contribution in [0.15, 0.2) is 85.1 Å². The third-order valence-electron chi connectivity index (χ3n) is 5.94. The van der Waals surface area contributed by atoms with E-state index in [9.17, 15) is 4.57 Å². The average molecular weight is 407 g/mol. The van der Waals surface area contributed by atoms with Crippen molar-refractivity contribution in [2.24, 2.45) is 0 Å². The summed E-state index contributed by atoms with van der Waals surface area (Å²) in [4.78, 5) is 4.60. The SMILES string of the molecule is O=P12c3ccccc3Oc3cc4c(ccc5cccnc54)c(c31)Oc1ccccc12. The van der Waals surface area contributed by atoms with E-state index in [1.165, 1.54) is 0 Å². The van der Waals surface area contributed by atoms with E-state index in [4.69, 9.17) is 9.47 Å². The minimum atomic E-state index is -3.15. The standard InChI is InChI=1S/C25H14NO3P/c27-30-21-9-3-1-7-18(21)28-20-14-17-16(12-11-15-6-5-13-26-23(15)17)24(25(20)30)29-19-8-2-4-10-22(19)30/h1-14H. The molecule has 4 nitrogen and oxygen atoms in total. The van der Waals surface area contributed by atoms with Crippen molar-refractivity contribution in [2.45, 2.75) is 0 Å². The Labute approximate surface area is 172 Å². The molecule has 0 fully saturated rings. The van der Waals surface area contributed by atoms with E-state index < -0.39 is 7.14 Å². The first-order valence-electron chi connectivity index (χ1n) is 9.75. The minimum Gasteiger partial charge on any atom is -0.456 e. The lowest BCUT2D eigenvalue weighted by molar-refractivity contribution is 0.465. The summed E-state index contributed by atoms with van der Waals surface area (Å²) in [5, 5.41) is 4.92. The molecule has 0 saturated heterocycles. The predicted molar refractivity (Wildman–Crippen MR) is 119 cm³/mol. The number of hydrogen-bond donors (Lipinski definition) is 0. The first kappa shape index (κ1) is 16.2. The number of ether oxygens (including phenoxy) is 2. The van der Waals surface area contributed by atoms with Crippen LogP contribution in [0.3, 0.4) is 0 Å². The van der Waals surface area contributed by atoms with Gasteiger partial charge in [-0.05, 0) is 42.5 Å². The summed E-state index contributed by atoms with van der Waals surface area (Å²) in [5.74, 6) is 2.44. The van der Waals surface area contributed by atoms with Crippen LogP contribution in [0.25, 0.3) is 21.7 Å². The molecule has 0 saturated carbocycles. The molecule has 30 heavy (non-hydrogen) atoms. The molecule has 5 aromatic rings. The predicted octanol–water partition coefficient (Wildman–Crippen LogP) is 5.24. The van der Waals surface area contributed by atoms with Crippen molar-refractivity contribution < 1.29 is 14.0 Å². The van der Waals surface area contributed by atoms with E-state index in [-0.39, 0.29) is 0 Å². The summed E-state index contributed by atoms with van der Waals surface area (Å²) in [7, 11) is -3.15. The molecular weight excluding hydrogens is 393 g/mol. The Morgan fingerprint density at radius 3 is 2.23 bits per heavy atom. The van der Waals surface area contributed by atoms with E-state index in [0.29, 0.717) is 38.9 Å². The lowest BCUT2D eigenvalue weighted by Crippen LogP contribution is -2.35. The number of pyridine rings is 1. The second kappa shape index (κ2) is 5.50. The number of nitrogens with zero attached hydrogens (tertiary/aromatic N) is 1. The maximum Gasteiger partial charge on any atom is 0.185 e. The Hall–Kier alpha value is -3.62. The second-order valence-corrected chi connectivity index (χ2v) is 10.2. The zero-order valence-corrected chi connectivity index (χ0v) is 16.6. The molecule has 0 aliphatic carbocycles. The number of fused-ring (bicyclic) bond motifs is 8. The molecular formula is C25H14NO3P. The Morgan fingerprint density at radius 2 is 1.43 bits per heavy atom. The summed E-state index contributed by atoms with van der Waals surface area (Å²) in [6.07, 6.45) is 1.78. The molecule has 1 unspecified atom stereocenters. The van der Waals surface area contributed by atoms with E-state index >= 15 is 0 Å². The van der Waals surface area contributed by atoms with Gasteiger partial charge in [-0.25, -0.2) is 0 Å². The van der Waals surface area contributed by atoms with Crippen LogP contribution in [0.4, 0.5) is 0 Å². The maximum atomic E-state index is 14.9. The number of hydrogen-bond acceptors (Lipinski definition) is 4. The van der Waals surface area contributed by atoms with Crippen LogP contribution in [0.1, 0.15) is 0 Å². The van der Waals surface area contributed by atoms with Gasteiger partial charge >= 0.3 is 0 Å². The molecule has 142 valence electrons. The Kier molecular flexibility index (Phi) is 2.97. The third kappa shape index (κ3) is 1.87. The van der Waals surface area contributed by atoms with Gasteiger partial charge in [-0.2, -0.15) is 0 Å². The molecule has 0 bridgehead atoms. The topological polar surface area (TPSA) is 48.4 Å². The number of rotatable bonds is 0. The molecule has 2 aliphatic rings. The fourth-order valence-electron chi connectivity index (χ4n) is 4.64. The summed E-state index contributed by atoms with van der Waals surface area (Å²) in [5.41, 5.74) is 0.869. The first-order chi connectivity index (χ1) is 14.7. The van der Waals surface area contributed by atoms with Gasteiger partial charge in [0, 0.05) is 22.4 Å². The Morgan fingerprint density at radius 1 is 0.700 bits per heavy atom. The molecule has 4 aromatic carbocycles. The van der Waals surface area contributed by atoms with Gasteiger partial charge < -0.3 is 14.0 Å². The van der Waals surface area contributed by atoms with Crippen LogP contribution in [-0.4, -0.2) is 4.98 Å². The van der Waals surface area contributed by atoms with Crippen molar-refractivity contribution in [3.8, 4) is 23.0 Å². The second-order valence-electron chi connectivity index (χ2n) is 7.54. The highest BCUT2D eigenvalue weighted by atomic mass is 31.2. The molecule has 0 radical (unpaired) electrons. The van der Waals surface area contributed by atoms with Crippen LogP contribution in [0, 0.1) is 0 Å². The van der Waals surface area contributed by atoms with Gasteiger partial charge in [-0.3, -0.25) is 4.98 Å². The molecule has 0 amide bonds. The summed E-state index contributed by atoms with van der Waals surface area (Å²) in [6, 6.07) is 25.1. The van der Waals surface area contributed by atoms with Gasteiger partial charge in [0.05, 0.1) is 16.1 Å². The zero-order valence-electron chi connectivity index (χ0n) is 15.7. The van der Waals surface area contributed by atoms with Gasteiger partial charge in [0.1, 0.15) is 22.6 Å². The van der Waals surface area contributed by atoms with Crippen molar-refractivity contribution in [1.82, 2.24) is 4.98 Å². The Bertz CT molecular complexity index is 1580. The zero-order chi connectivity index (χ0) is 19.9. The third-order valence-corrected chi connectivity index (χ3v) is 9.09. The molecule has 1 aromatic heterocycles. The number of aromatic nitrogens is 1. The molecule has 3 heterocycles. The van der Waals surface area contributed by atoms with Gasteiger partial charge in [0.15, 0.2) is 12.9 Å². The summed E-state index contributed by atoms with van der Waals surface area (Å²) in [6.45, 7) is 0. The van der Waals surface area contributed by atoms with Gasteiger partial charge in [-0.1, -0.05) is 36.4 Å². The highest BCUT2D eigenvalue weighted by Crippen LogP contribution is 2.59. The van der Waals surface area contributed by atoms with Crippen molar-refractivity contribution in [2.75, 3.05) is 0 Å². The average Bonchev–Trinajstić information content (AvgIpc) is 2.79.